The van der Waals surface area contributed by atoms with Crippen molar-refractivity contribution in [1.82, 2.24) is 25.1 Å². The quantitative estimate of drug-likeness (QED) is 0.497. The van der Waals surface area contributed by atoms with Gasteiger partial charge in [-0.3, -0.25) is 9.55 Å². The highest BCUT2D eigenvalue weighted by Crippen LogP contribution is 2.44. The van der Waals surface area contributed by atoms with E-state index in [0.717, 1.165) is 58.2 Å². The molecule has 0 bridgehead atoms. The predicted molar refractivity (Wildman–Crippen MR) is 124 cm³/mol. The number of fused-ring (bicyclic) bond motifs is 2. The van der Waals surface area contributed by atoms with Gasteiger partial charge < -0.3 is 10.2 Å². The molecule has 1 aromatic carbocycles. The first kappa shape index (κ1) is 19.0. The largest absolute Gasteiger partial charge is 0.365 e. The molecule has 6 rings (SSSR count). The van der Waals surface area contributed by atoms with Crippen LogP contribution < -0.4 is 15.9 Å². The fourth-order valence-corrected chi connectivity index (χ4v) is 6.01. The molecular formula is C22H21ClN6OS. The molecule has 2 aliphatic heterocycles. The molecule has 2 N–H and O–H groups in total. The van der Waals surface area contributed by atoms with Gasteiger partial charge in [0.25, 0.3) is 0 Å². The molecule has 2 aliphatic rings. The lowest BCUT2D eigenvalue weighted by Gasteiger charge is -2.44. The number of halogens is 1. The van der Waals surface area contributed by atoms with Crippen molar-refractivity contribution in [2.75, 3.05) is 24.5 Å². The van der Waals surface area contributed by atoms with Gasteiger partial charge in [-0.25, -0.2) is 9.89 Å². The van der Waals surface area contributed by atoms with E-state index in [-0.39, 0.29) is 5.69 Å². The number of benzene rings is 1. The van der Waals surface area contributed by atoms with Crippen LogP contribution in [0.5, 0.6) is 0 Å². The van der Waals surface area contributed by atoms with Crippen molar-refractivity contribution in [2.45, 2.75) is 25.4 Å². The molecule has 1 saturated heterocycles. The van der Waals surface area contributed by atoms with Gasteiger partial charge >= 0.3 is 5.69 Å². The van der Waals surface area contributed by atoms with Crippen molar-refractivity contribution in [2.24, 2.45) is 0 Å². The van der Waals surface area contributed by atoms with Gasteiger partial charge in [-0.2, -0.15) is 5.10 Å². The normalized spacial score (nSPS) is 16.5. The summed E-state index contributed by atoms with van der Waals surface area (Å²) in [5, 5.41) is 10.4. The molecule has 0 unspecified atom stereocenters. The third-order valence-electron chi connectivity index (χ3n) is 6.18. The molecule has 5 heterocycles. The maximum atomic E-state index is 11.9. The molecule has 3 aromatic heterocycles. The summed E-state index contributed by atoms with van der Waals surface area (Å²) < 4.78 is 2.69. The number of hydrogen-bond acceptors (Lipinski definition) is 6. The summed E-state index contributed by atoms with van der Waals surface area (Å²) in [5.74, 6) is 0. The van der Waals surface area contributed by atoms with Gasteiger partial charge in [0, 0.05) is 52.5 Å². The Labute approximate surface area is 187 Å². The van der Waals surface area contributed by atoms with E-state index in [4.69, 9.17) is 11.6 Å². The number of rotatable bonds is 4. The number of nitrogens with zero attached hydrogens (tertiary/aromatic N) is 4. The Balaban J connectivity index is 1.50. The Hall–Kier alpha value is -2.68. The zero-order valence-electron chi connectivity index (χ0n) is 16.8. The summed E-state index contributed by atoms with van der Waals surface area (Å²) in [6.07, 6.45) is 5.59. The Kier molecular flexibility index (Phi) is 4.59. The smallest absolute Gasteiger partial charge is 0.343 e. The highest BCUT2D eigenvalue weighted by atomic mass is 35.5. The lowest BCUT2D eigenvalue weighted by atomic mass is 9.92. The molecule has 4 aromatic rings. The van der Waals surface area contributed by atoms with Gasteiger partial charge in [0.05, 0.1) is 22.8 Å². The number of aryl methyl sites for hydroxylation is 1. The molecule has 0 atom stereocenters. The number of pyridine rings is 1. The van der Waals surface area contributed by atoms with Crippen LogP contribution in [0.15, 0.2) is 41.6 Å². The van der Waals surface area contributed by atoms with Crippen LogP contribution in [0.25, 0.3) is 21.3 Å². The molecule has 9 heteroatoms. The monoisotopic (exact) mass is 452 g/mol. The van der Waals surface area contributed by atoms with Crippen molar-refractivity contribution in [3.8, 4) is 11.1 Å². The highest BCUT2D eigenvalue weighted by molar-refractivity contribution is 7.19. The maximum Gasteiger partial charge on any atom is 0.343 e. The SMILES string of the molecule is O=c1[nH]ncn1Cc1cc2nccc(-c3cc(Cl)cc4c3N(C3CNC3)CCC4)c2s1. The second kappa shape index (κ2) is 7.47. The van der Waals surface area contributed by atoms with E-state index < -0.39 is 0 Å². The molecule has 0 aliphatic carbocycles. The molecule has 0 saturated carbocycles. The van der Waals surface area contributed by atoms with Gasteiger partial charge in [0.2, 0.25) is 0 Å². The van der Waals surface area contributed by atoms with Crippen molar-refractivity contribution in [3.05, 3.63) is 62.7 Å². The number of H-pyrrole nitrogens is 1. The first-order chi connectivity index (χ1) is 15.2. The lowest BCUT2D eigenvalue weighted by molar-refractivity contribution is 0.406. The van der Waals surface area contributed by atoms with Gasteiger partial charge in [0.1, 0.15) is 6.33 Å². The van der Waals surface area contributed by atoms with E-state index in [2.05, 4.69) is 49.7 Å². The van der Waals surface area contributed by atoms with E-state index in [1.807, 2.05) is 6.20 Å². The van der Waals surface area contributed by atoms with Crippen molar-refractivity contribution in [1.29, 1.82) is 0 Å². The minimum atomic E-state index is -0.209. The van der Waals surface area contributed by atoms with Crippen LogP contribution in [0.1, 0.15) is 16.9 Å². The summed E-state index contributed by atoms with van der Waals surface area (Å²) >= 11 is 8.26. The number of aromatic nitrogens is 4. The zero-order chi connectivity index (χ0) is 20.9. The van der Waals surface area contributed by atoms with Crippen LogP contribution in [-0.2, 0) is 13.0 Å². The summed E-state index contributed by atoms with van der Waals surface area (Å²) in [5.41, 5.74) is 5.70. The molecule has 31 heavy (non-hydrogen) atoms. The molecule has 1 fully saturated rings. The van der Waals surface area contributed by atoms with Crippen LogP contribution in [0.2, 0.25) is 5.02 Å². The third-order valence-corrected chi connectivity index (χ3v) is 7.54. The molecule has 0 radical (unpaired) electrons. The van der Waals surface area contributed by atoms with Crippen molar-refractivity contribution in [3.63, 3.8) is 0 Å². The maximum absolute atomic E-state index is 11.9. The number of thiophene rings is 1. The zero-order valence-corrected chi connectivity index (χ0v) is 18.3. The second-order valence-electron chi connectivity index (χ2n) is 8.15. The first-order valence-electron chi connectivity index (χ1n) is 10.4. The van der Waals surface area contributed by atoms with Gasteiger partial charge in [0.15, 0.2) is 0 Å². The summed E-state index contributed by atoms with van der Waals surface area (Å²) in [6.45, 7) is 3.59. The topological polar surface area (TPSA) is 78.8 Å². The fourth-order valence-electron chi connectivity index (χ4n) is 4.63. The van der Waals surface area contributed by atoms with Crippen LogP contribution in [0, 0.1) is 0 Å². The number of aromatic amines is 1. The van der Waals surface area contributed by atoms with Crippen molar-refractivity contribution < 1.29 is 0 Å². The van der Waals surface area contributed by atoms with E-state index in [1.54, 1.807) is 15.9 Å². The summed E-state index contributed by atoms with van der Waals surface area (Å²) in [4.78, 5) is 20.1. The minimum Gasteiger partial charge on any atom is -0.365 e. The Bertz CT molecular complexity index is 1340. The molecular weight excluding hydrogens is 432 g/mol. The minimum absolute atomic E-state index is 0.209. The molecule has 158 valence electrons. The molecule has 7 nitrogen and oxygen atoms in total. The van der Waals surface area contributed by atoms with Gasteiger partial charge in [-0.1, -0.05) is 11.6 Å². The van der Waals surface area contributed by atoms with E-state index in [0.29, 0.717) is 12.6 Å². The number of hydrogen-bond donors (Lipinski definition) is 2. The first-order valence-corrected chi connectivity index (χ1v) is 11.6. The van der Waals surface area contributed by atoms with Crippen LogP contribution in [0.3, 0.4) is 0 Å². The van der Waals surface area contributed by atoms with E-state index >= 15 is 0 Å². The van der Waals surface area contributed by atoms with E-state index in [9.17, 15) is 4.79 Å². The van der Waals surface area contributed by atoms with Gasteiger partial charge in [-0.05, 0) is 42.7 Å². The lowest BCUT2D eigenvalue weighted by Crippen LogP contribution is -2.58. The van der Waals surface area contributed by atoms with Gasteiger partial charge in [-0.15, -0.1) is 11.3 Å². The summed E-state index contributed by atoms with van der Waals surface area (Å²) in [7, 11) is 0. The predicted octanol–water partition coefficient (Wildman–Crippen LogP) is 3.27. The Morgan fingerprint density at radius 1 is 1.23 bits per heavy atom. The van der Waals surface area contributed by atoms with Crippen LogP contribution in [-0.4, -0.2) is 45.4 Å². The average Bonchev–Trinajstić information content (AvgIpc) is 3.31. The van der Waals surface area contributed by atoms with E-state index in [1.165, 1.54) is 23.1 Å². The summed E-state index contributed by atoms with van der Waals surface area (Å²) in [6, 6.07) is 8.91. The average molecular weight is 453 g/mol. The standard InChI is InChI=1S/C22H21ClN6OS/c23-14-6-13-2-1-5-29(15-9-24-10-15)20(13)18(7-14)17-3-4-25-19-8-16(31-21(17)19)11-28-12-26-27-22(28)30/h3-4,6-8,12,15,24H,1-2,5,9-11H2,(H,27,30). The Morgan fingerprint density at radius 2 is 2.13 bits per heavy atom. The molecule has 0 amide bonds. The third kappa shape index (κ3) is 3.26. The fraction of sp³-hybridized carbons (Fsp3) is 0.318. The van der Waals surface area contributed by atoms with Crippen molar-refractivity contribution >= 4 is 38.8 Å². The number of anilines is 1. The van der Waals surface area contributed by atoms with Crippen LogP contribution in [0.4, 0.5) is 5.69 Å². The van der Waals surface area contributed by atoms with Crippen LogP contribution >= 0.6 is 22.9 Å². The Morgan fingerprint density at radius 3 is 2.90 bits per heavy atom. The highest BCUT2D eigenvalue weighted by Gasteiger charge is 2.31. The number of nitrogens with one attached hydrogen (secondary N) is 2. The molecule has 0 spiro atoms. The second-order valence-corrected chi connectivity index (χ2v) is 9.72.